The second-order valence-corrected chi connectivity index (χ2v) is 3.14. The van der Waals surface area contributed by atoms with Crippen LogP contribution in [0.15, 0.2) is 30.5 Å². The van der Waals surface area contributed by atoms with Crippen molar-refractivity contribution in [2.24, 2.45) is 0 Å². The molecule has 2 aromatic rings. The van der Waals surface area contributed by atoms with Gasteiger partial charge in [-0.1, -0.05) is 18.2 Å². The van der Waals surface area contributed by atoms with Crippen LogP contribution in [0.4, 0.5) is 0 Å². The van der Waals surface area contributed by atoms with Gasteiger partial charge in [-0.05, 0) is 13.0 Å². The Labute approximate surface area is 76.5 Å². The Bertz CT molecular complexity index is 442. The molecule has 1 aromatic heterocycles. The van der Waals surface area contributed by atoms with Crippen molar-refractivity contribution in [1.82, 2.24) is 9.78 Å². The summed E-state index contributed by atoms with van der Waals surface area (Å²) in [5.74, 6) is 0. The maximum absolute atomic E-state index is 7.38. The van der Waals surface area contributed by atoms with E-state index in [0.717, 1.165) is 10.9 Å². The first-order valence-electron chi connectivity index (χ1n) is 4.22. The fraction of sp³-hybridized carbons (Fsp3) is 0.200. The van der Waals surface area contributed by atoms with Crippen molar-refractivity contribution in [3.63, 3.8) is 0 Å². The van der Waals surface area contributed by atoms with E-state index in [-0.39, 0.29) is 0 Å². The van der Waals surface area contributed by atoms with Gasteiger partial charge in [-0.25, -0.2) is 0 Å². The molecule has 2 rings (SSSR count). The van der Waals surface area contributed by atoms with Gasteiger partial charge < -0.3 is 5.41 Å². The average molecular weight is 173 g/mol. The Morgan fingerprint density at radius 3 is 3.00 bits per heavy atom. The molecule has 3 heteroatoms. The monoisotopic (exact) mass is 173 g/mol. The van der Waals surface area contributed by atoms with Crippen molar-refractivity contribution in [1.29, 1.82) is 5.41 Å². The van der Waals surface area contributed by atoms with E-state index in [1.807, 2.05) is 35.1 Å². The number of fused-ring (bicyclic) bond motifs is 1. The predicted octanol–water partition coefficient (Wildman–Crippen LogP) is 2.08. The molecule has 0 saturated carbocycles. The summed E-state index contributed by atoms with van der Waals surface area (Å²) in [7, 11) is 0. The smallest absolute Gasteiger partial charge is 0.0789 e. The number of nitrogens with one attached hydrogen (secondary N) is 1. The lowest BCUT2D eigenvalue weighted by Crippen LogP contribution is -2.06. The summed E-state index contributed by atoms with van der Waals surface area (Å²) < 4.78 is 1.84. The summed E-state index contributed by atoms with van der Waals surface area (Å²) in [5, 5.41) is 12.7. The van der Waals surface area contributed by atoms with Gasteiger partial charge in [0.1, 0.15) is 0 Å². The molecule has 66 valence electrons. The van der Waals surface area contributed by atoms with Crippen LogP contribution in [-0.2, 0) is 6.54 Å². The van der Waals surface area contributed by atoms with E-state index in [0.29, 0.717) is 12.3 Å². The first-order chi connectivity index (χ1) is 6.27. The molecular weight excluding hydrogens is 162 g/mol. The van der Waals surface area contributed by atoms with Crippen LogP contribution < -0.4 is 0 Å². The van der Waals surface area contributed by atoms with Gasteiger partial charge in [0.25, 0.3) is 0 Å². The zero-order valence-corrected chi connectivity index (χ0v) is 7.49. The molecule has 0 aliphatic carbocycles. The number of hydrogen-bond acceptors (Lipinski definition) is 2. The van der Waals surface area contributed by atoms with E-state index in [4.69, 9.17) is 5.41 Å². The minimum atomic E-state index is 0.577. The molecule has 0 bridgehead atoms. The van der Waals surface area contributed by atoms with E-state index < -0.39 is 0 Å². The number of hydrogen-bond donors (Lipinski definition) is 1. The summed E-state index contributed by atoms with van der Waals surface area (Å²) in [6.45, 7) is 2.37. The highest BCUT2D eigenvalue weighted by molar-refractivity contribution is 5.82. The standard InChI is InChI=1S/C10H11N3/c1-8(11)7-13-10-5-3-2-4-9(10)6-12-13/h2-6,11H,7H2,1H3. The summed E-state index contributed by atoms with van der Waals surface area (Å²) in [6, 6.07) is 8.02. The van der Waals surface area contributed by atoms with Gasteiger partial charge in [-0.3, -0.25) is 4.68 Å². The molecule has 0 amide bonds. The van der Waals surface area contributed by atoms with E-state index in [9.17, 15) is 0 Å². The predicted molar refractivity (Wildman–Crippen MR) is 53.1 cm³/mol. The maximum Gasteiger partial charge on any atom is 0.0789 e. The minimum Gasteiger partial charge on any atom is -0.308 e. The van der Waals surface area contributed by atoms with Gasteiger partial charge >= 0.3 is 0 Å². The fourth-order valence-electron chi connectivity index (χ4n) is 1.38. The Balaban J connectivity index is 2.51. The second kappa shape index (κ2) is 3.01. The molecular formula is C10H11N3. The first kappa shape index (κ1) is 7.98. The normalized spacial score (nSPS) is 10.5. The van der Waals surface area contributed by atoms with E-state index >= 15 is 0 Å². The van der Waals surface area contributed by atoms with Crippen molar-refractivity contribution in [3.05, 3.63) is 30.5 Å². The lowest BCUT2D eigenvalue weighted by Gasteiger charge is -2.00. The molecule has 1 N–H and O–H groups in total. The third kappa shape index (κ3) is 1.45. The quantitative estimate of drug-likeness (QED) is 0.694. The van der Waals surface area contributed by atoms with Crippen LogP contribution in [0.5, 0.6) is 0 Å². The van der Waals surface area contributed by atoms with Gasteiger partial charge in [0.05, 0.1) is 18.3 Å². The third-order valence-electron chi connectivity index (χ3n) is 1.94. The topological polar surface area (TPSA) is 41.7 Å². The van der Waals surface area contributed by atoms with Crippen LogP contribution in [0.3, 0.4) is 0 Å². The van der Waals surface area contributed by atoms with Crippen molar-refractivity contribution in [3.8, 4) is 0 Å². The zero-order chi connectivity index (χ0) is 9.26. The molecule has 0 aliphatic rings. The molecule has 3 nitrogen and oxygen atoms in total. The lowest BCUT2D eigenvalue weighted by atomic mass is 10.2. The summed E-state index contributed by atoms with van der Waals surface area (Å²) in [4.78, 5) is 0. The van der Waals surface area contributed by atoms with Gasteiger partial charge in [-0.15, -0.1) is 0 Å². The summed E-state index contributed by atoms with van der Waals surface area (Å²) >= 11 is 0. The van der Waals surface area contributed by atoms with Gasteiger partial charge in [0.2, 0.25) is 0 Å². The Morgan fingerprint density at radius 1 is 1.46 bits per heavy atom. The number of aromatic nitrogens is 2. The van der Waals surface area contributed by atoms with Crippen LogP contribution in [0.1, 0.15) is 6.92 Å². The molecule has 1 aromatic carbocycles. The second-order valence-electron chi connectivity index (χ2n) is 3.14. The molecule has 0 fully saturated rings. The highest BCUT2D eigenvalue weighted by atomic mass is 15.3. The first-order valence-corrected chi connectivity index (χ1v) is 4.22. The summed E-state index contributed by atoms with van der Waals surface area (Å²) in [5.41, 5.74) is 1.71. The average Bonchev–Trinajstić information content (AvgIpc) is 2.48. The number of para-hydroxylation sites is 1. The van der Waals surface area contributed by atoms with Gasteiger partial charge in [0, 0.05) is 11.1 Å². The SMILES string of the molecule is CC(=N)Cn1ncc2ccccc21. The number of rotatable bonds is 2. The highest BCUT2D eigenvalue weighted by Crippen LogP contribution is 2.12. The molecule has 0 saturated heterocycles. The number of nitrogens with zero attached hydrogens (tertiary/aromatic N) is 2. The zero-order valence-electron chi connectivity index (χ0n) is 7.49. The van der Waals surface area contributed by atoms with Gasteiger partial charge in [-0.2, -0.15) is 5.10 Å². The third-order valence-corrected chi connectivity index (χ3v) is 1.94. The van der Waals surface area contributed by atoms with Crippen molar-refractivity contribution >= 4 is 16.6 Å². The highest BCUT2D eigenvalue weighted by Gasteiger charge is 2.00. The van der Waals surface area contributed by atoms with Gasteiger partial charge in [0.15, 0.2) is 0 Å². The van der Waals surface area contributed by atoms with Crippen LogP contribution in [0.2, 0.25) is 0 Å². The maximum atomic E-state index is 7.38. The molecule has 0 atom stereocenters. The largest absolute Gasteiger partial charge is 0.308 e. The van der Waals surface area contributed by atoms with Crippen molar-refractivity contribution in [2.45, 2.75) is 13.5 Å². The van der Waals surface area contributed by atoms with E-state index in [1.165, 1.54) is 0 Å². The molecule has 13 heavy (non-hydrogen) atoms. The minimum absolute atomic E-state index is 0.577. The van der Waals surface area contributed by atoms with Crippen molar-refractivity contribution < 1.29 is 0 Å². The Kier molecular flexibility index (Phi) is 1.85. The van der Waals surface area contributed by atoms with Crippen LogP contribution in [-0.4, -0.2) is 15.5 Å². The fourth-order valence-corrected chi connectivity index (χ4v) is 1.38. The van der Waals surface area contributed by atoms with Crippen LogP contribution >= 0.6 is 0 Å². The summed E-state index contributed by atoms with van der Waals surface area (Å²) in [6.07, 6.45) is 1.83. The van der Waals surface area contributed by atoms with E-state index in [2.05, 4.69) is 5.10 Å². The van der Waals surface area contributed by atoms with Crippen LogP contribution in [0.25, 0.3) is 10.9 Å². The number of benzene rings is 1. The van der Waals surface area contributed by atoms with E-state index in [1.54, 1.807) is 6.92 Å². The Hall–Kier alpha value is -1.64. The molecule has 0 unspecified atom stereocenters. The van der Waals surface area contributed by atoms with Crippen LogP contribution in [0, 0.1) is 5.41 Å². The molecule has 1 heterocycles. The lowest BCUT2D eigenvalue weighted by molar-refractivity contribution is 0.747. The van der Waals surface area contributed by atoms with Crippen molar-refractivity contribution in [2.75, 3.05) is 0 Å². The Morgan fingerprint density at radius 2 is 2.23 bits per heavy atom. The molecule has 0 spiro atoms. The molecule has 0 aliphatic heterocycles. The molecule has 0 radical (unpaired) electrons.